The lowest BCUT2D eigenvalue weighted by molar-refractivity contribution is -0.120. The summed E-state index contributed by atoms with van der Waals surface area (Å²) in [5.74, 6) is 0.670. The van der Waals surface area contributed by atoms with E-state index in [1.54, 1.807) is 7.05 Å². The molecule has 0 aromatic carbocycles. The first-order valence-corrected chi connectivity index (χ1v) is 6.15. The van der Waals surface area contributed by atoms with E-state index in [-0.39, 0.29) is 11.9 Å². The predicted octanol–water partition coefficient (Wildman–Crippen LogP) is 0.144. The van der Waals surface area contributed by atoms with Crippen LogP contribution in [0.2, 0.25) is 0 Å². The van der Waals surface area contributed by atoms with Crippen molar-refractivity contribution >= 4 is 5.91 Å². The molecule has 0 radical (unpaired) electrons. The van der Waals surface area contributed by atoms with Crippen LogP contribution < -0.4 is 11.1 Å². The zero-order valence-corrected chi connectivity index (χ0v) is 10.5. The van der Waals surface area contributed by atoms with Gasteiger partial charge in [-0.1, -0.05) is 0 Å². The monoisotopic (exact) mass is 236 g/mol. The van der Waals surface area contributed by atoms with Gasteiger partial charge in [-0.15, -0.1) is 0 Å². The maximum atomic E-state index is 11.3. The van der Waals surface area contributed by atoms with E-state index in [0.29, 0.717) is 6.54 Å². The lowest BCUT2D eigenvalue weighted by Gasteiger charge is -2.18. The average molecular weight is 236 g/mol. The fourth-order valence-electron chi connectivity index (χ4n) is 2.48. The van der Waals surface area contributed by atoms with Crippen molar-refractivity contribution in [3.8, 4) is 0 Å². The molecule has 0 saturated carbocycles. The van der Waals surface area contributed by atoms with E-state index < -0.39 is 0 Å². The number of likely N-dealkylation sites (N-methyl/N-ethyl adjacent to an activating group) is 1. The van der Waals surface area contributed by atoms with Gasteiger partial charge in [0.2, 0.25) is 5.91 Å². The van der Waals surface area contributed by atoms with Gasteiger partial charge in [-0.25, -0.2) is 4.98 Å². The molecule has 1 aliphatic rings. The number of imidazole rings is 1. The van der Waals surface area contributed by atoms with E-state index in [4.69, 9.17) is 5.73 Å². The van der Waals surface area contributed by atoms with Crippen LogP contribution in [0.5, 0.6) is 0 Å². The van der Waals surface area contributed by atoms with Gasteiger partial charge in [-0.05, 0) is 39.7 Å². The molecule has 0 spiro atoms. The van der Waals surface area contributed by atoms with Crippen LogP contribution in [0, 0.1) is 6.92 Å². The topological polar surface area (TPSA) is 72.9 Å². The number of aromatic nitrogens is 2. The summed E-state index contributed by atoms with van der Waals surface area (Å²) in [6.45, 7) is 2.58. The summed E-state index contributed by atoms with van der Waals surface area (Å²) in [5, 5.41) is 2.95. The zero-order chi connectivity index (χ0) is 12.4. The van der Waals surface area contributed by atoms with Gasteiger partial charge in [0, 0.05) is 12.2 Å². The van der Waals surface area contributed by atoms with Gasteiger partial charge < -0.3 is 15.6 Å². The number of carbonyl (C=O) groups excluding carboxylic acids is 1. The molecule has 1 aromatic heterocycles. The van der Waals surface area contributed by atoms with Gasteiger partial charge in [-0.3, -0.25) is 4.79 Å². The summed E-state index contributed by atoms with van der Waals surface area (Å²) in [6.07, 6.45) is 4.54. The van der Waals surface area contributed by atoms with Crippen molar-refractivity contribution in [2.24, 2.45) is 5.73 Å². The molecule has 0 bridgehead atoms. The largest absolute Gasteiger partial charge is 0.368 e. The van der Waals surface area contributed by atoms with Crippen molar-refractivity contribution < 1.29 is 4.79 Å². The highest BCUT2D eigenvalue weighted by Crippen LogP contribution is 2.22. The Labute approximate surface area is 101 Å². The van der Waals surface area contributed by atoms with E-state index in [1.807, 2.05) is 6.92 Å². The standard InChI is InChI=1S/C12H20N4O/c1-8-15-9-5-3-4-6-11(9)16(8)7-10(14-2)12(13)17/h10,14H,3-7H2,1-2H3,(H2,13,17). The van der Waals surface area contributed by atoms with Crippen LogP contribution in [0.1, 0.15) is 30.1 Å². The van der Waals surface area contributed by atoms with Crippen LogP contribution in [-0.2, 0) is 24.2 Å². The van der Waals surface area contributed by atoms with Gasteiger partial charge in [0.25, 0.3) is 0 Å². The highest BCUT2D eigenvalue weighted by Gasteiger charge is 2.21. The maximum absolute atomic E-state index is 11.3. The minimum Gasteiger partial charge on any atom is -0.368 e. The van der Waals surface area contributed by atoms with E-state index in [2.05, 4.69) is 14.9 Å². The van der Waals surface area contributed by atoms with Crippen LogP contribution in [-0.4, -0.2) is 28.5 Å². The molecule has 1 aromatic rings. The van der Waals surface area contributed by atoms with Crippen molar-refractivity contribution in [1.29, 1.82) is 0 Å². The Morgan fingerprint density at radius 3 is 2.88 bits per heavy atom. The number of fused-ring (bicyclic) bond motifs is 1. The smallest absolute Gasteiger partial charge is 0.236 e. The summed E-state index contributed by atoms with van der Waals surface area (Å²) in [7, 11) is 1.76. The Kier molecular flexibility index (Phi) is 3.47. The Hall–Kier alpha value is -1.36. The molecule has 0 fully saturated rings. The fourth-order valence-corrected chi connectivity index (χ4v) is 2.48. The maximum Gasteiger partial charge on any atom is 0.236 e. The molecule has 3 N–H and O–H groups in total. The number of primary amides is 1. The van der Waals surface area contributed by atoms with Gasteiger partial charge in [0.15, 0.2) is 0 Å². The van der Waals surface area contributed by atoms with Crippen LogP contribution in [0.15, 0.2) is 0 Å². The summed E-state index contributed by atoms with van der Waals surface area (Å²) in [6, 6.07) is -0.325. The quantitative estimate of drug-likeness (QED) is 0.781. The van der Waals surface area contributed by atoms with E-state index in [0.717, 1.165) is 18.7 Å². The minimum absolute atomic E-state index is 0.315. The zero-order valence-electron chi connectivity index (χ0n) is 10.5. The molecule has 1 atom stereocenters. The number of hydrogen-bond donors (Lipinski definition) is 2. The number of aryl methyl sites for hydroxylation is 2. The first-order valence-electron chi connectivity index (χ1n) is 6.15. The highest BCUT2D eigenvalue weighted by atomic mass is 16.1. The van der Waals surface area contributed by atoms with Gasteiger partial charge >= 0.3 is 0 Å². The van der Waals surface area contributed by atoms with Crippen molar-refractivity contribution in [2.75, 3.05) is 7.05 Å². The van der Waals surface area contributed by atoms with Crippen LogP contribution in [0.25, 0.3) is 0 Å². The third kappa shape index (κ3) is 2.34. The average Bonchev–Trinajstić information content (AvgIpc) is 2.61. The Morgan fingerprint density at radius 2 is 2.24 bits per heavy atom. The lowest BCUT2D eigenvalue weighted by Crippen LogP contribution is -2.42. The van der Waals surface area contributed by atoms with Crippen molar-refractivity contribution in [2.45, 2.75) is 45.2 Å². The van der Waals surface area contributed by atoms with Gasteiger partial charge in [0.1, 0.15) is 11.9 Å². The van der Waals surface area contributed by atoms with Gasteiger partial charge in [0.05, 0.1) is 5.69 Å². The van der Waals surface area contributed by atoms with Crippen molar-refractivity contribution in [1.82, 2.24) is 14.9 Å². The molecule has 0 saturated heterocycles. The molecule has 1 heterocycles. The Morgan fingerprint density at radius 1 is 1.53 bits per heavy atom. The minimum atomic E-state index is -0.325. The fraction of sp³-hybridized carbons (Fsp3) is 0.667. The Bertz CT molecular complexity index is 424. The first kappa shape index (κ1) is 12.1. The number of nitrogens with zero attached hydrogens (tertiary/aromatic N) is 2. The lowest BCUT2D eigenvalue weighted by atomic mass is 10.0. The summed E-state index contributed by atoms with van der Waals surface area (Å²) in [4.78, 5) is 15.8. The molecule has 1 aliphatic carbocycles. The SMILES string of the molecule is CNC(Cn1c(C)nc2c1CCCC2)C(N)=O. The molecular formula is C12H20N4O. The summed E-state index contributed by atoms with van der Waals surface area (Å²) >= 11 is 0. The molecule has 2 rings (SSSR count). The van der Waals surface area contributed by atoms with E-state index in [9.17, 15) is 4.79 Å². The molecule has 94 valence electrons. The third-order valence-electron chi connectivity index (χ3n) is 3.48. The molecule has 17 heavy (non-hydrogen) atoms. The highest BCUT2D eigenvalue weighted by molar-refractivity contribution is 5.79. The van der Waals surface area contributed by atoms with Gasteiger partial charge in [-0.2, -0.15) is 0 Å². The third-order valence-corrected chi connectivity index (χ3v) is 3.48. The second-order valence-electron chi connectivity index (χ2n) is 4.61. The summed E-state index contributed by atoms with van der Waals surface area (Å²) in [5.41, 5.74) is 7.84. The second-order valence-corrected chi connectivity index (χ2v) is 4.61. The first-order chi connectivity index (χ1) is 8.13. The molecule has 5 heteroatoms. The van der Waals surface area contributed by atoms with E-state index in [1.165, 1.54) is 24.2 Å². The van der Waals surface area contributed by atoms with Crippen LogP contribution >= 0.6 is 0 Å². The number of carbonyl (C=O) groups is 1. The predicted molar refractivity (Wildman–Crippen MR) is 65.6 cm³/mol. The number of rotatable bonds is 4. The normalized spacial score (nSPS) is 16.6. The van der Waals surface area contributed by atoms with Crippen molar-refractivity contribution in [3.05, 3.63) is 17.2 Å². The van der Waals surface area contributed by atoms with Crippen LogP contribution in [0.4, 0.5) is 0 Å². The van der Waals surface area contributed by atoms with Crippen LogP contribution in [0.3, 0.4) is 0 Å². The van der Waals surface area contributed by atoms with Crippen molar-refractivity contribution in [3.63, 3.8) is 0 Å². The number of nitrogens with one attached hydrogen (secondary N) is 1. The molecule has 1 unspecified atom stereocenters. The number of hydrogen-bond acceptors (Lipinski definition) is 3. The van der Waals surface area contributed by atoms with E-state index >= 15 is 0 Å². The summed E-state index contributed by atoms with van der Waals surface area (Å²) < 4.78 is 2.14. The number of nitrogens with two attached hydrogens (primary N) is 1. The molecular weight excluding hydrogens is 216 g/mol. The Balaban J connectivity index is 2.25. The molecule has 1 amide bonds. The molecule has 0 aliphatic heterocycles. The number of amides is 1. The second kappa shape index (κ2) is 4.87. The molecule has 5 nitrogen and oxygen atoms in total.